The number of carboxylic acid groups (broad SMARTS) is 1. The van der Waals surface area contributed by atoms with E-state index < -0.39 is 11.4 Å². The van der Waals surface area contributed by atoms with E-state index in [4.69, 9.17) is 0 Å². The molecule has 0 aliphatic heterocycles. The Labute approximate surface area is 82.0 Å². The minimum Gasteiger partial charge on any atom is -0.481 e. The third kappa shape index (κ3) is 1.27. The summed E-state index contributed by atoms with van der Waals surface area (Å²) in [5, 5.41) is 9.26. The minimum atomic E-state index is -0.756. The lowest BCUT2D eigenvalue weighted by Crippen LogP contribution is -2.33. The maximum Gasteiger partial charge on any atom is 0.315 e. The smallest absolute Gasteiger partial charge is 0.315 e. The number of hydrogen-bond acceptors (Lipinski definition) is 3. The van der Waals surface area contributed by atoms with E-state index in [2.05, 4.69) is 9.97 Å². The monoisotopic (exact) mass is 192 g/mol. The predicted octanol–water partition coefficient (Wildman–Crippen LogP) is 1.37. The molecule has 74 valence electrons. The fourth-order valence-electron chi connectivity index (χ4n) is 2.13. The van der Waals surface area contributed by atoms with Crippen LogP contribution in [0.4, 0.5) is 0 Å². The van der Waals surface area contributed by atoms with Crippen LogP contribution < -0.4 is 0 Å². The fraction of sp³-hybridized carbons (Fsp3) is 0.500. The van der Waals surface area contributed by atoms with E-state index in [1.54, 1.807) is 12.3 Å². The number of rotatable bonds is 2. The Kier molecular flexibility index (Phi) is 2.19. The molecule has 0 aromatic carbocycles. The van der Waals surface area contributed by atoms with Gasteiger partial charge in [-0.15, -0.1) is 0 Å². The van der Waals surface area contributed by atoms with Gasteiger partial charge >= 0.3 is 5.97 Å². The first-order valence-corrected chi connectivity index (χ1v) is 4.76. The zero-order chi connectivity index (χ0) is 10.0. The molecule has 1 heterocycles. The van der Waals surface area contributed by atoms with Crippen molar-refractivity contribution in [3.63, 3.8) is 0 Å². The molecule has 4 nitrogen and oxygen atoms in total. The van der Waals surface area contributed by atoms with E-state index >= 15 is 0 Å². The van der Waals surface area contributed by atoms with Crippen molar-refractivity contribution in [1.82, 2.24) is 9.97 Å². The van der Waals surface area contributed by atoms with Crippen molar-refractivity contribution < 1.29 is 9.90 Å². The topological polar surface area (TPSA) is 63.1 Å². The van der Waals surface area contributed by atoms with Gasteiger partial charge < -0.3 is 5.11 Å². The van der Waals surface area contributed by atoms with Crippen molar-refractivity contribution in [2.24, 2.45) is 0 Å². The van der Waals surface area contributed by atoms with Gasteiger partial charge in [-0.1, -0.05) is 12.8 Å². The molecule has 1 saturated carbocycles. The van der Waals surface area contributed by atoms with Crippen molar-refractivity contribution >= 4 is 5.97 Å². The molecule has 0 saturated heterocycles. The highest BCUT2D eigenvalue weighted by Gasteiger charge is 2.44. The zero-order valence-corrected chi connectivity index (χ0v) is 7.81. The van der Waals surface area contributed by atoms with Gasteiger partial charge in [0.05, 0.1) is 5.69 Å². The lowest BCUT2D eigenvalue weighted by atomic mass is 9.82. The Morgan fingerprint density at radius 1 is 1.43 bits per heavy atom. The Bertz CT molecular complexity index is 331. The number of carboxylic acids is 1. The van der Waals surface area contributed by atoms with Crippen LogP contribution in [0.5, 0.6) is 0 Å². The van der Waals surface area contributed by atoms with E-state index in [0.29, 0.717) is 18.5 Å². The SMILES string of the molecule is O=C(O)C1(c2ccncn2)CCCC1. The predicted molar refractivity (Wildman–Crippen MR) is 49.8 cm³/mol. The molecule has 1 aliphatic carbocycles. The van der Waals surface area contributed by atoms with Crippen molar-refractivity contribution in [3.8, 4) is 0 Å². The molecular weight excluding hydrogens is 180 g/mol. The molecule has 0 spiro atoms. The van der Waals surface area contributed by atoms with Crippen LogP contribution in [0.2, 0.25) is 0 Å². The molecule has 0 atom stereocenters. The summed E-state index contributed by atoms with van der Waals surface area (Å²) in [6, 6.07) is 1.71. The first-order valence-electron chi connectivity index (χ1n) is 4.76. The molecule has 0 unspecified atom stereocenters. The number of nitrogens with zero attached hydrogens (tertiary/aromatic N) is 2. The summed E-state index contributed by atoms with van der Waals surface area (Å²) < 4.78 is 0. The van der Waals surface area contributed by atoms with E-state index in [-0.39, 0.29) is 0 Å². The first-order chi connectivity index (χ1) is 6.76. The van der Waals surface area contributed by atoms with Gasteiger partial charge in [0, 0.05) is 6.20 Å². The fourth-order valence-corrected chi connectivity index (χ4v) is 2.13. The summed E-state index contributed by atoms with van der Waals surface area (Å²) in [6.45, 7) is 0. The Hall–Kier alpha value is -1.45. The number of hydrogen-bond donors (Lipinski definition) is 1. The van der Waals surface area contributed by atoms with Gasteiger partial charge in [0.15, 0.2) is 0 Å². The van der Waals surface area contributed by atoms with Crippen LogP contribution in [0.25, 0.3) is 0 Å². The summed E-state index contributed by atoms with van der Waals surface area (Å²) in [7, 11) is 0. The van der Waals surface area contributed by atoms with Crippen molar-refractivity contribution in [1.29, 1.82) is 0 Å². The Balaban J connectivity index is 2.42. The summed E-state index contributed by atoms with van der Waals surface area (Å²) >= 11 is 0. The van der Waals surface area contributed by atoms with Crippen LogP contribution in [-0.2, 0) is 10.2 Å². The average Bonchev–Trinajstić information content (AvgIpc) is 2.69. The van der Waals surface area contributed by atoms with E-state index in [0.717, 1.165) is 12.8 Å². The summed E-state index contributed by atoms with van der Waals surface area (Å²) in [6.07, 6.45) is 6.34. The number of aromatic nitrogens is 2. The van der Waals surface area contributed by atoms with Crippen LogP contribution in [-0.4, -0.2) is 21.0 Å². The van der Waals surface area contributed by atoms with Crippen LogP contribution in [0, 0.1) is 0 Å². The molecule has 2 rings (SSSR count). The molecule has 0 amide bonds. The second kappa shape index (κ2) is 3.36. The molecule has 0 bridgehead atoms. The molecule has 1 aliphatic rings. The second-order valence-corrected chi connectivity index (χ2v) is 3.69. The van der Waals surface area contributed by atoms with Crippen LogP contribution >= 0.6 is 0 Å². The summed E-state index contributed by atoms with van der Waals surface area (Å²) in [4.78, 5) is 19.1. The largest absolute Gasteiger partial charge is 0.481 e. The van der Waals surface area contributed by atoms with Gasteiger partial charge in [-0.05, 0) is 18.9 Å². The molecule has 14 heavy (non-hydrogen) atoms. The summed E-state index contributed by atoms with van der Waals surface area (Å²) in [5.74, 6) is -0.756. The van der Waals surface area contributed by atoms with Gasteiger partial charge in [0.2, 0.25) is 0 Å². The molecule has 1 fully saturated rings. The Morgan fingerprint density at radius 2 is 2.14 bits per heavy atom. The van der Waals surface area contributed by atoms with Gasteiger partial charge in [-0.2, -0.15) is 0 Å². The van der Waals surface area contributed by atoms with Gasteiger partial charge in [-0.25, -0.2) is 9.97 Å². The maximum atomic E-state index is 11.3. The van der Waals surface area contributed by atoms with E-state index in [1.807, 2.05) is 0 Å². The lowest BCUT2D eigenvalue weighted by molar-refractivity contribution is -0.143. The molecular formula is C10H12N2O2. The molecule has 1 N–H and O–H groups in total. The third-order valence-electron chi connectivity index (χ3n) is 2.94. The summed E-state index contributed by atoms with van der Waals surface area (Å²) in [5.41, 5.74) is -0.0966. The molecule has 1 aromatic heterocycles. The maximum absolute atomic E-state index is 11.3. The van der Waals surface area contributed by atoms with Crippen LogP contribution in [0.1, 0.15) is 31.4 Å². The van der Waals surface area contributed by atoms with Gasteiger partial charge in [0.25, 0.3) is 0 Å². The molecule has 1 aromatic rings. The second-order valence-electron chi connectivity index (χ2n) is 3.69. The van der Waals surface area contributed by atoms with Crippen molar-refractivity contribution in [2.45, 2.75) is 31.1 Å². The first kappa shape index (κ1) is 9.12. The molecule has 4 heteroatoms. The van der Waals surface area contributed by atoms with Crippen molar-refractivity contribution in [3.05, 3.63) is 24.3 Å². The normalized spacial score (nSPS) is 19.4. The van der Waals surface area contributed by atoms with Crippen LogP contribution in [0.15, 0.2) is 18.6 Å². The minimum absolute atomic E-state index is 0.650. The number of aliphatic carboxylic acids is 1. The van der Waals surface area contributed by atoms with E-state index in [9.17, 15) is 9.90 Å². The standard InChI is InChI=1S/C10H12N2O2/c13-9(14)10(4-1-2-5-10)8-3-6-11-7-12-8/h3,6-7H,1-2,4-5H2,(H,13,14). The molecule has 0 radical (unpaired) electrons. The van der Waals surface area contributed by atoms with E-state index in [1.165, 1.54) is 6.33 Å². The van der Waals surface area contributed by atoms with Gasteiger partial charge in [-0.3, -0.25) is 4.79 Å². The highest BCUT2D eigenvalue weighted by Crippen LogP contribution is 2.40. The highest BCUT2D eigenvalue weighted by molar-refractivity contribution is 5.81. The third-order valence-corrected chi connectivity index (χ3v) is 2.94. The van der Waals surface area contributed by atoms with Gasteiger partial charge in [0.1, 0.15) is 11.7 Å². The zero-order valence-electron chi connectivity index (χ0n) is 7.81. The van der Waals surface area contributed by atoms with Crippen LogP contribution in [0.3, 0.4) is 0 Å². The number of carbonyl (C=O) groups is 1. The lowest BCUT2D eigenvalue weighted by Gasteiger charge is -2.22. The Morgan fingerprint density at radius 3 is 2.64 bits per heavy atom. The highest BCUT2D eigenvalue weighted by atomic mass is 16.4. The average molecular weight is 192 g/mol. The van der Waals surface area contributed by atoms with Crippen molar-refractivity contribution in [2.75, 3.05) is 0 Å². The quantitative estimate of drug-likeness (QED) is 0.768.